The Kier molecular flexibility index (Phi) is 3.64. The van der Waals surface area contributed by atoms with Crippen molar-refractivity contribution >= 4 is 59.9 Å². The van der Waals surface area contributed by atoms with Crippen LogP contribution in [-0.4, -0.2) is 18.9 Å². The Morgan fingerprint density at radius 3 is 1.88 bits per heavy atom. The molecule has 4 heteroatoms. The van der Waals surface area contributed by atoms with Gasteiger partial charge in [0.25, 0.3) is 0 Å². The molecule has 4 nitrogen and oxygen atoms in total. The number of hydrogen-bond donors (Lipinski definition) is 0. The number of nitrogens with zero attached hydrogens (tertiary/aromatic N) is 4. The van der Waals surface area contributed by atoms with E-state index in [1.807, 2.05) is 66.7 Å². The minimum atomic E-state index is -0.626. The second kappa shape index (κ2) is 10.4. The van der Waals surface area contributed by atoms with Gasteiger partial charge in [-0.2, -0.15) is 0 Å². The van der Waals surface area contributed by atoms with Gasteiger partial charge in [-0.05, 0) is 41.7 Å². The molecule has 232 valence electrons. The molecule has 11 aromatic rings. The lowest BCUT2D eigenvalue weighted by atomic mass is 10.0. The van der Waals surface area contributed by atoms with E-state index in [9.17, 15) is 11.0 Å². The van der Waals surface area contributed by atoms with Crippen LogP contribution in [-0.2, 0) is 0 Å². The summed E-state index contributed by atoms with van der Waals surface area (Å²) >= 11 is 0. The summed E-state index contributed by atoms with van der Waals surface area (Å²) in [6.45, 7) is 0. The van der Waals surface area contributed by atoms with Gasteiger partial charge >= 0.3 is 0 Å². The molecule has 0 amide bonds. The van der Waals surface area contributed by atoms with Crippen LogP contribution in [0.5, 0.6) is 0 Å². The van der Waals surface area contributed by atoms with E-state index in [1.54, 1.807) is 28.8 Å². The number of fused-ring (bicyclic) bond motifs is 5. The van der Waals surface area contributed by atoms with Gasteiger partial charge in [-0.1, -0.05) is 133 Å². The molecule has 0 unspecified atom stereocenters. The molecule has 0 saturated carbocycles. The van der Waals surface area contributed by atoms with Crippen LogP contribution in [0.1, 0.15) is 17.8 Å². The molecular weight excluding hydrogens is 609 g/mol. The van der Waals surface area contributed by atoms with Gasteiger partial charge in [0.05, 0.1) is 62.5 Å². The predicted molar refractivity (Wildman–Crippen MR) is 207 cm³/mol. The van der Waals surface area contributed by atoms with E-state index in [0.717, 1.165) is 11.1 Å². The van der Waals surface area contributed by atoms with Crippen LogP contribution >= 0.6 is 0 Å². The van der Waals surface area contributed by atoms with Gasteiger partial charge in [-0.15, -0.1) is 0 Å². The molecular formula is C46H28N4. The number of hydrogen-bond acceptors (Lipinski definition) is 2. The number of para-hydroxylation sites is 3. The molecule has 0 radical (unpaired) electrons. The number of rotatable bonds is 4. The average Bonchev–Trinajstić information content (AvgIpc) is 3.80. The first kappa shape index (κ1) is 17.6. The van der Waals surface area contributed by atoms with Gasteiger partial charge in [0.1, 0.15) is 0 Å². The van der Waals surface area contributed by atoms with Crippen molar-refractivity contribution in [3.8, 4) is 39.6 Å². The highest BCUT2D eigenvalue weighted by Gasteiger charge is 2.23. The summed E-state index contributed by atoms with van der Waals surface area (Å²) in [6.07, 6.45) is 0. The summed E-state index contributed by atoms with van der Waals surface area (Å²) < 4.78 is 123. The molecule has 50 heavy (non-hydrogen) atoms. The zero-order valence-electron chi connectivity index (χ0n) is 38.9. The van der Waals surface area contributed by atoms with E-state index >= 15 is 0 Å². The largest absolute Gasteiger partial charge is 0.308 e. The van der Waals surface area contributed by atoms with Crippen LogP contribution in [0, 0.1) is 0 Å². The van der Waals surface area contributed by atoms with Gasteiger partial charge in [0.2, 0.25) is 0 Å². The lowest BCUT2D eigenvalue weighted by molar-refractivity contribution is 1.15. The quantitative estimate of drug-likeness (QED) is 0.190. The third-order valence-corrected chi connectivity index (χ3v) is 9.32. The van der Waals surface area contributed by atoms with E-state index in [0.29, 0.717) is 28.5 Å². The monoisotopic (exact) mass is 649 g/mol. The van der Waals surface area contributed by atoms with E-state index in [4.69, 9.17) is 16.8 Å². The highest BCUT2D eigenvalue weighted by Crippen LogP contribution is 2.45. The van der Waals surface area contributed by atoms with E-state index in [1.165, 1.54) is 4.40 Å². The molecule has 0 aliphatic heterocycles. The Morgan fingerprint density at radius 1 is 0.460 bits per heavy atom. The molecule has 0 N–H and O–H groups in total. The normalized spacial score (nSPS) is 15.6. The highest BCUT2D eigenvalue weighted by molar-refractivity contribution is 6.31. The van der Waals surface area contributed by atoms with Crippen molar-refractivity contribution in [3.05, 3.63) is 170 Å². The summed E-state index contributed by atoms with van der Waals surface area (Å²) in [5, 5.41) is -0.419. The number of aromatic nitrogens is 4. The van der Waals surface area contributed by atoms with Crippen molar-refractivity contribution in [3.63, 3.8) is 0 Å². The maximum Gasteiger partial charge on any atom is 0.160 e. The second-order valence-corrected chi connectivity index (χ2v) is 12.0. The fourth-order valence-electron chi connectivity index (χ4n) is 7.23. The van der Waals surface area contributed by atoms with Crippen molar-refractivity contribution in [2.24, 2.45) is 0 Å². The molecule has 4 heterocycles. The van der Waals surface area contributed by atoms with E-state index in [-0.39, 0.29) is 59.9 Å². The molecule has 7 aromatic carbocycles. The van der Waals surface area contributed by atoms with Crippen LogP contribution in [0.15, 0.2) is 170 Å². The van der Waals surface area contributed by atoms with Gasteiger partial charge in [-0.25, -0.2) is 9.97 Å². The Labute approximate surface area is 305 Å². The maximum absolute atomic E-state index is 9.60. The fourth-order valence-corrected chi connectivity index (χ4v) is 7.23. The lowest BCUT2D eigenvalue weighted by Crippen LogP contribution is -2.01. The molecule has 0 bridgehead atoms. The van der Waals surface area contributed by atoms with Crippen LogP contribution in [0.2, 0.25) is 0 Å². The highest BCUT2D eigenvalue weighted by atomic mass is 15.0. The van der Waals surface area contributed by atoms with Gasteiger partial charge in [-0.3, -0.25) is 0 Å². The standard InChI is InChI=1S/C46H28N4/c1-3-14-29(15-4-1)36-28-37(48-46(47-36)30-16-5-2-6-17-30)35-19-8-10-24-39(35)49-40-25-12-20-32-34-22-11-21-33-31-18-7-9-23-38(31)50(45(33)34)42-27-13-26-41(49)44(42)43(32)40/h1-28H/i7D,9D,11D,12D,13D,18D,20D,21D,22D,23D,25D,26D,27D. The van der Waals surface area contributed by atoms with Crippen molar-refractivity contribution in [2.75, 3.05) is 0 Å². The van der Waals surface area contributed by atoms with Crippen molar-refractivity contribution < 1.29 is 17.8 Å². The summed E-state index contributed by atoms with van der Waals surface area (Å²) in [5.41, 5.74) is 3.03. The Bertz CT molecular complexity index is 3770. The zero-order chi connectivity index (χ0) is 44.1. The molecule has 4 aromatic heterocycles. The average molecular weight is 650 g/mol. The first-order valence-corrected chi connectivity index (χ1v) is 16.0. The first-order valence-electron chi connectivity index (χ1n) is 22.5. The summed E-state index contributed by atoms with van der Waals surface area (Å²) in [5.74, 6) is 0.414. The third kappa shape index (κ3) is 3.76. The molecule has 0 aliphatic rings. The van der Waals surface area contributed by atoms with Crippen molar-refractivity contribution in [2.45, 2.75) is 0 Å². The van der Waals surface area contributed by atoms with Crippen LogP contribution < -0.4 is 0 Å². The third-order valence-electron chi connectivity index (χ3n) is 9.32. The maximum atomic E-state index is 9.60. The molecule has 0 spiro atoms. The molecule has 0 aliphatic carbocycles. The van der Waals surface area contributed by atoms with Crippen molar-refractivity contribution in [1.82, 2.24) is 18.9 Å². The Balaban J connectivity index is 1.42. The van der Waals surface area contributed by atoms with Crippen LogP contribution in [0.25, 0.3) is 99.5 Å². The minimum Gasteiger partial charge on any atom is -0.308 e. The lowest BCUT2D eigenvalue weighted by Gasteiger charge is -2.15. The molecule has 0 saturated heterocycles. The van der Waals surface area contributed by atoms with Crippen LogP contribution in [0.3, 0.4) is 0 Å². The Morgan fingerprint density at radius 2 is 1.04 bits per heavy atom. The minimum absolute atomic E-state index is 0.000173. The SMILES string of the molecule is [2H]c1c([2H])c([2H])c2c(c1[2H])c1c([2H])c([2H])c([2H])c3c4c([2H])c([2H])c([2H])c5c4c4c(c([2H])c([2H])c([2H])c4n2c31)n5-c1ccccc1-c1cc(-c2ccccc2)nc(-c2ccccc2)n1. The van der Waals surface area contributed by atoms with Crippen molar-refractivity contribution in [1.29, 1.82) is 0 Å². The van der Waals surface area contributed by atoms with Gasteiger partial charge < -0.3 is 8.97 Å². The van der Waals surface area contributed by atoms with Crippen LogP contribution in [0.4, 0.5) is 0 Å². The van der Waals surface area contributed by atoms with E-state index < -0.39 is 78.6 Å². The second-order valence-electron chi connectivity index (χ2n) is 12.0. The molecule has 0 fully saturated rings. The summed E-state index contributed by atoms with van der Waals surface area (Å²) in [4.78, 5) is 9.99. The summed E-state index contributed by atoms with van der Waals surface area (Å²) in [7, 11) is 0. The number of benzene rings is 7. The topological polar surface area (TPSA) is 35.1 Å². The summed E-state index contributed by atoms with van der Waals surface area (Å²) in [6, 6.07) is 20.8. The smallest absolute Gasteiger partial charge is 0.160 e. The molecule has 11 rings (SSSR count). The van der Waals surface area contributed by atoms with Gasteiger partial charge in [0.15, 0.2) is 5.82 Å². The zero-order valence-corrected chi connectivity index (χ0v) is 25.9. The van der Waals surface area contributed by atoms with E-state index in [2.05, 4.69) is 0 Å². The van der Waals surface area contributed by atoms with Gasteiger partial charge in [0, 0.05) is 43.6 Å². The molecule has 0 atom stereocenters. The predicted octanol–water partition coefficient (Wildman–Crippen LogP) is 11.7. The first-order chi connectivity index (χ1) is 30.2. The Hall–Kier alpha value is -6.78. The fraction of sp³-hybridized carbons (Fsp3) is 0.